The van der Waals surface area contributed by atoms with Crippen molar-refractivity contribution in [3.63, 3.8) is 0 Å². The third-order valence-corrected chi connectivity index (χ3v) is 5.07. The lowest BCUT2D eigenvalue weighted by Gasteiger charge is -2.47. The monoisotopic (exact) mass is 346 g/mol. The molecule has 1 saturated carbocycles. The molecule has 1 saturated heterocycles. The molecule has 2 fully saturated rings. The fraction of sp³-hybridized carbons (Fsp3) is 0.650. The number of benzene rings is 1. The Morgan fingerprint density at radius 3 is 2.48 bits per heavy atom. The van der Waals surface area contributed by atoms with Crippen molar-refractivity contribution in [2.45, 2.75) is 70.2 Å². The summed E-state index contributed by atoms with van der Waals surface area (Å²) >= 11 is 0. The summed E-state index contributed by atoms with van der Waals surface area (Å²) in [6.45, 7) is 6.41. The Bertz CT molecular complexity index is 594. The molecule has 1 aliphatic carbocycles. The van der Waals surface area contributed by atoms with E-state index in [1.54, 1.807) is 7.11 Å². The average Bonchev–Trinajstić information content (AvgIpc) is 2.59. The molecule has 3 atom stereocenters. The van der Waals surface area contributed by atoms with E-state index in [2.05, 4.69) is 17.4 Å². The number of amides is 1. The number of nitrogens with one attached hydrogen (secondary N) is 1. The first-order valence-electron chi connectivity index (χ1n) is 9.27. The van der Waals surface area contributed by atoms with Gasteiger partial charge in [-0.3, -0.25) is 0 Å². The predicted molar refractivity (Wildman–Crippen MR) is 97.9 cm³/mol. The highest BCUT2D eigenvalue weighted by atomic mass is 16.6. The molecular formula is C20H30N2O3. The Morgan fingerprint density at radius 2 is 1.84 bits per heavy atom. The van der Waals surface area contributed by atoms with Crippen molar-refractivity contribution in [2.24, 2.45) is 0 Å². The average molecular weight is 346 g/mol. The predicted octanol–water partition coefficient (Wildman–Crippen LogP) is 3.89. The highest BCUT2D eigenvalue weighted by Gasteiger charge is 2.41. The summed E-state index contributed by atoms with van der Waals surface area (Å²) in [5, 5.41) is 3.77. The summed E-state index contributed by atoms with van der Waals surface area (Å²) in [6, 6.07) is 8.79. The van der Waals surface area contributed by atoms with Crippen LogP contribution in [-0.2, 0) is 4.74 Å². The zero-order chi connectivity index (χ0) is 18.0. The van der Waals surface area contributed by atoms with Gasteiger partial charge in [0.15, 0.2) is 0 Å². The highest BCUT2D eigenvalue weighted by molar-refractivity contribution is 5.69. The fourth-order valence-electron chi connectivity index (χ4n) is 3.89. The van der Waals surface area contributed by atoms with Gasteiger partial charge in [0.2, 0.25) is 0 Å². The van der Waals surface area contributed by atoms with E-state index < -0.39 is 5.60 Å². The van der Waals surface area contributed by atoms with Crippen LogP contribution in [0.3, 0.4) is 0 Å². The van der Waals surface area contributed by atoms with Gasteiger partial charge in [-0.2, -0.15) is 0 Å². The van der Waals surface area contributed by atoms with Crippen LogP contribution >= 0.6 is 0 Å². The van der Waals surface area contributed by atoms with Crippen LogP contribution in [0, 0.1) is 0 Å². The van der Waals surface area contributed by atoms with Gasteiger partial charge < -0.3 is 19.7 Å². The van der Waals surface area contributed by atoms with Crippen molar-refractivity contribution in [3.8, 4) is 5.75 Å². The fourth-order valence-corrected chi connectivity index (χ4v) is 3.89. The van der Waals surface area contributed by atoms with E-state index >= 15 is 0 Å². The molecule has 1 aliphatic heterocycles. The highest BCUT2D eigenvalue weighted by Crippen LogP contribution is 2.33. The lowest BCUT2D eigenvalue weighted by atomic mass is 9.85. The minimum absolute atomic E-state index is 0.123. The maximum Gasteiger partial charge on any atom is 0.410 e. The minimum atomic E-state index is -0.471. The second-order valence-electron chi connectivity index (χ2n) is 8.08. The third kappa shape index (κ3) is 4.27. The van der Waals surface area contributed by atoms with Crippen molar-refractivity contribution in [3.05, 3.63) is 29.8 Å². The summed E-state index contributed by atoms with van der Waals surface area (Å²) in [5.41, 5.74) is 0.709. The molecule has 0 bridgehead atoms. The molecule has 1 N–H and O–H groups in total. The van der Waals surface area contributed by atoms with Gasteiger partial charge in [0.05, 0.1) is 19.2 Å². The summed E-state index contributed by atoms with van der Waals surface area (Å²) in [4.78, 5) is 14.8. The van der Waals surface area contributed by atoms with Crippen LogP contribution in [0.15, 0.2) is 24.3 Å². The topological polar surface area (TPSA) is 50.8 Å². The normalized spacial score (nSPS) is 26.7. The molecule has 0 unspecified atom stereocenters. The first-order valence-corrected chi connectivity index (χ1v) is 9.27. The van der Waals surface area contributed by atoms with Crippen LogP contribution in [0.25, 0.3) is 0 Å². The van der Waals surface area contributed by atoms with Crippen LogP contribution in [-0.4, -0.2) is 42.3 Å². The van der Waals surface area contributed by atoms with Gasteiger partial charge in [0, 0.05) is 12.6 Å². The zero-order valence-electron chi connectivity index (χ0n) is 15.7. The molecule has 138 valence electrons. The van der Waals surface area contributed by atoms with Crippen molar-refractivity contribution >= 4 is 6.09 Å². The molecular weight excluding hydrogens is 316 g/mol. The molecule has 0 spiro atoms. The van der Waals surface area contributed by atoms with Crippen LogP contribution in [0.1, 0.15) is 58.1 Å². The molecule has 5 heteroatoms. The van der Waals surface area contributed by atoms with Crippen molar-refractivity contribution in [1.82, 2.24) is 10.2 Å². The summed E-state index contributed by atoms with van der Waals surface area (Å²) < 4.78 is 10.9. The maximum atomic E-state index is 12.8. The van der Waals surface area contributed by atoms with E-state index in [1.165, 1.54) is 18.4 Å². The second-order valence-corrected chi connectivity index (χ2v) is 8.08. The van der Waals surface area contributed by atoms with Crippen LogP contribution in [0.5, 0.6) is 5.75 Å². The number of piperazine rings is 1. The van der Waals surface area contributed by atoms with Gasteiger partial charge in [-0.1, -0.05) is 25.0 Å². The molecule has 1 aromatic rings. The standard InChI is InChI=1S/C20H30N2O3/c1-20(2,3)25-19(23)22-13-17(14-9-11-15(24-4)12-10-14)21-16-7-5-6-8-18(16)22/h9-12,16-18,21H,5-8,13H2,1-4H3/t16-,17+,18-/m1/s1. The van der Waals surface area contributed by atoms with Crippen LogP contribution in [0.4, 0.5) is 4.79 Å². The number of carbonyl (C=O) groups is 1. The largest absolute Gasteiger partial charge is 0.497 e. The van der Waals surface area contributed by atoms with Gasteiger partial charge in [0.1, 0.15) is 11.4 Å². The Morgan fingerprint density at radius 1 is 1.16 bits per heavy atom. The van der Waals surface area contributed by atoms with Crippen LogP contribution < -0.4 is 10.1 Å². The molecule has 2 aliphatic rings. The smallest absolute Gasteiger partial charge is 0.410 e. The van der Waals surface area contributed by atoms with Gasteiger partial charge in [-0.15, -0.1) is 0 Å². The molecule has 5 nitrogen and oxygen atoms in total. The number of carbonyl (C=O) groups excluding carboxylic acids is 1. The summed E-state index contributed by atoms with van der Waals surface area (Å²) in [6.07, 6.45) is 4.36. The SMILES string of the molecule is COc1ccc([C@@H]2CN(C(=O)OC(C)(C)C)[C@@H]3CCCC[C@H]3N2)cc1. The van der Waals surface area contributed by atoms with E-state index in [1.807, 2.05) is 37.8 Å². The quantitative estimate of drug-likeness (QED) is 0.883. The lowest BCUT2D eigenvalue weighted by Crippen LogP contribution is -2.62. The summed E-state index contributed by atoms with van der Waals surface area (Å²) in [7, 11) is 1.67. The summed E-state index contributed by atoms with van der Waals surface area (Å²) in [5.74, 6) is 0.846. The Hall–Kier alpha value is -1.75. The van der Waals surface area contributed by atoms with Gasteiger partial charge in [0.25, 0.3) is 0 Å². The minimum Gasteiger partial charge on any atom is -0.497 e. The number of nitrogens with zero attached hydrogens (tertiary/aromatic N) is 1. The maximum absolute atomic E-state index is 12.8. The number of fused-ring (bicyclic) bond motifs is 1. The molecule has 0 aromatic heterocycles. The van der Waals surface area contributed by atoms with E-state index in [-0.39, 0.29) is 18.2 Å². The molecule has 1 amide bonds. The number of hydrogen-bond donors (Lipinski definition) is 1. The van der Waals surface area contributed by atoms with E-state index in [9.17, 15) is 4.79 Å². The van der Waals surface area contributed by atoms with Gasteiger partial charge in [-0.05, 0) is 51.3 Å². The number of ether oxygens (including phenoxy) is 2. The third-order valence-electron chi connectivity index (χ3n) is 5.07. The Kier molecular flexibility index (Phi) is 5.23. The first-order chi connectivity index (χ1) is 11.9. The first kappa shape index (κ1) is 18.1. The Labute approximate surface area is 150 Å². The van der Waals surface area contributed by atoms with Crippen molar-refractivity contribution in [2.75, 3.05) is 13.7 Å². The van der Waals surface area contributed by atoms with Crippen molar-refractivity contribution in [1.29, 1.82) is 0 Å². The molecule has 1 heterocycles. The molecule has 3 rings (SSSR count). The molecule has 0 radical (unpaired) electrons. The second kappa shape index (κ2) is 7.24. The number of rotatable bonds is 2. The van der Waals surface area contributed by atoms with E-state index in [4.69, 9.17) is 9.47 Å². The Balaban J connectivity index is 1.80. The molecule has 1 aromatic carbocycles. The van der Waals surface area contributed by atoms with Crippen molar-refractivity contribution < 1.29 is 14.3 Å². The number of methoxy groups -OCH3 is 1. The van der Waals surface area contributed by atoms with Gasteiger partial charge in [-0.25, -0.2) is 4.79 Å². The molecule has 25 heavy (non-hydrogen) atoms. The van der Waals surface area contributed by atoms with E-state index in [0.29, 0.717) is 12.6 Å². The zero-order valence-corrected chi connectivity index (χ0v) is 15.7. The lowest BCUT2D eigenvalue weighted by molar-refractivity contribution is -0.00711. The number of hydrogen-bond acceptors (Lipinski definition) is 4. The van der Waals surface area contributed by atoms with Gasteiger partial charge >= 0.3 is 6.09 Å². The van der Waals surface area contributed by atoms with Crippen LogP contribution in [0.2, 0.25) is 0 Å². The van der Waals surface area contributed by atoms with E-state index in [0.717, 1.165) is 18.6 Å².